The number of ether oxygens (including phenoxy) is 2. The SMILES string of the molecule is CCOCCOCC(=O)NC(CN)C1CCCCC1. The zero-order valence-electron chi connectivity index (χ0n) is 12.0. The number of hydrogen-bond acceptors (Lipinski definition) is 4. The minimum atomic E-state index is -0.0717. The van der Waals surface area contributed by atoms with Crippen molar-refractivity contribution < 1.29 is 14.3 Å². The van der Waals surface area contributed by atoms with E-state index in [-0.39, 0.29) is 18.6 Å². The van der Waals surface area contributed by atoms with Crippen LogP contribution in [0.1, 0.15) is 39.0 Å². The summed E-state index contributed by atoms with van der Waals surface area (Å²) in [4.78, 5) is 11.8. The van der Waals surface area contributed by atoms with Crippen molar-refractivity contribution in [3.8, 4) is 0 Å². The van der Waals surface area contributed by atoms with Crippen LogP contribution >= 0.6 is 0 Å². The highest BCUT2D eigenvalue weighted by Crippen LogP contribution is 2.26. The van der Waals surface area contributed by atoms with Gasteiger partial charge in [0.25, 0.3) is 0 Å². The fraction of sp³-hybridized carbons (Fsp3) is 0.929. The topological polar surface area (TPSA) is 73.6 Å². The Morgan fingerprint density at radius 2 is 1.95 bits per heavy atom. The molecule has 1 saturated carbocycles. The van der Waals surface area contributed by atoms with Crippen molar-refractivity contribution in [2.75, 3.05) is 33.0 Å². The molecule has 1 fully saturated rings. The molecule has 0 aliphatic heterocycles. The number of carbonyl (C=O) groups is 1. The van der Waals surface area contributed by atoms with E-state index in [1.54, 1.807) is 0 Å². The van der Waals surface area contributed by atoms with Crippen LogP contribution in [-0.4, -0.2) is 44.9 Å². The second kappa shape index (κ2) is 10.2. The number of hydrogen-bond donors (Lipinski definition) is 2. The molecule has 0 radical (unpaired) electrons. The smallest absolute Gasteiger partial charge is 0.246 e. The number of amides is 1. The van der Waals surface area contributed by atoms with Crippen LogP contribution in [0.25, 0.3) is 0 Å². The van der Waals surface area contributed by atoms with Crippen molar-refractivity contribution in [2.45, 2.75) is 45.1 Å². The Hall–Kier alpha value is -0.650. The van der Waals surface area contributed by atoms with Gasteiger partial charge in [0.15, 0.2) is 0 Å². The monoisotopic (exact) mass is 272 g/mol. The first-order chi connectivity index (χ1) is 9.27. The molecule has 1 amide bonds. The lowest BCUT2D eigenvalue weighted by molar-refractivity contribution is -0.127. The van der Waals surface area contributed by atoms with E-state index in [1.165, 1.54) is 32.1 Å². The van der Waals surface area contributed by atoms with Crippen molar-refractivity contribution in [1.82, 2.24) is 5.32 Å². The van der Waals surface area contributed by atoms with E-state index in [0.717, 1.165) is 0 Å². The van der Waals surface area contributed by atoms with Crippen LogP contribution in [0, 0.1) is 5.92 Å². The first-order valence-electron chi connectivity index (χ1n) is 7.42. The second-order valence-electron chi connectivity index (χ2n) is 5.06. The molecule has 0 aromatic carbocycles. The summed E-state index contributed by atoms with van der Waals surface area (Å²) in [7, 11) is 0. The molecule has 0 heterocycles. The van der Waals surface area contributed by atoms with Crippen LogP contribution in [0.2, 0.25) is 0 Å². The molecule has 1 aliphatic carbocycles. The maximum absolute atomic E-state index is 11.8. The van der Waals surface area contributed by atoms with Crippen molar-refractivity contribution in [3.63, 3.8) is 0 Å². The van der Waals surface area contributed by atoms with Gasteiger partial charge in [-0.05, 0) is 25.7 Å². The molecule has 0 spiro atoms. The van der Waals surface area contributed by atoms with E-state index in [2.05, 4.69) is 5.32 Å². The first kappa shape index (κ1) is 16.4. The minimum absolute atomic E-state index is 0.0717. The van der Waals surface area contributed by atoms with E-state index < -0.39 is 0 Å². The molecule has 0 aromatic rings. The van der Waals surface area contributed by atoms with Gasteiger partial charge in [-0.15, -0.1) is 0 Å². The lowest BCUT2D eigenvalue weighted by Gasteiger charge is -2.30. The van der Waals surface area contributed by atoms with Gasteiger partial charge in [-0.25, -0.2) is 0 Å². The van der Waals surface area contributed by atoms with E-state index in [4.69, 9.17) is 15.2 Å². The quantitative estimate of drug-likeness (QED) is 0.616. The Balaban J connectivity index is 2.17. The van der Waals surface area contributed by atoms with Gasteiger partial charge in [0.05, 0.1) is 13.2 Å². The predicted octanol–water partition coefficient (Wildman–Crippen LogP) is 1.06. The maximum Gasteiger partial charge on any atom is 0.246 e. The first-order valence-corrected chi connectivity index (χ1v) is 7.42. The highest BCUT2D eigenvalue weighted by atomic mass is 16.5. The van der Waals surface area contributed by atoms with Crippen molar-refractivity contribution in [2.24, 2.45) is 11.7 Å². The largest absolute Gasteiger partial charge is 0.379 e. The van der Waals surface area contributed by atoms with Gasteiger partial charge in [0.2, 0.25) is 5.91 Å². The Labute approximate surface area is 116 Å². The Morgan fingerprint density at radius 3 is 2.58 bits per heavy atom. The van der Waals surface area contributed by atoms with Gasteiger partial charge < -0.3 is 20.5 Å². The third kappa shape index (κ3) is 6.89. The summed E-state index contributed by atoms with van der Waals surface area (Å²) in [5.41, 5.74) is 5.77. The summed E-state index contributed by atoms with van der Waals surface area (Å²) < 4.78 is 10.4. The van der Waals surface area contributed by atoms with E-state index >= 15 is 0 Å². The van der Waals surface area contributed by atoms with Gasteiger partial charge in [-0.3, -0.25) is 4.79 Å². The number of nitrogens with one attached hydrogen (secondary N) is 1. The minimum Gasteiger partial charge on any atom is -0.379 e. The number of rotatable bonds is 9. The molecule has 1 unspecified atom stereocenters. The Bertz CT molecular complexity index is 243. The second-order valence-corrected chi connectivity index (χ2v) is 5.06. The molecule has 5 nitrogen and oxygen atoms in total. The zero-order valence-corrected chi connectivity index (χ0v) is 12.0. The summed E-state index contributed by atoms with van der Waals surface area (Å²) in [6.07, 6.45) is 6.16. The molecule has 0 bridgehead atoms. The highest BCUT2D eigenvalue weighted by molar-refractivity contribution is 5.77. The summed E-state index contributed by atoms with van der Waals surface area (Å²) >= 11 is 0. The molecule has 0 aromatic heterocycles. The normalized spacial score (nSPS) is 18.2. The van der Waals surface area contributed by atoms with Gasteiger partial charge in [0.1, 0.15) is 6.61 Å². The maximum atomic E-state index is 11.8. The predicted molar refractivity (Wildman–Crippen MR) is 74.9 cm³/mol. The van der Waals surface area contributed by atoms with Gasteiger partial charge in [0, 0.05) is 19.2 Å². The third-order valence-electron chi connectivity index (χ3n) is 3.63. The van der Waals surface area contributed by atoms with Crippen LogP contribution in [0.3, 0.4) is 0 Å². The average Bonchev–Trinajstić information content (AvgIpc) is 2.45. The van der Waals surface area contributed by atoms with Crippen molar-refractivity contribution in [1.29, 1.82) is 0 Å². The van der Waals surface area contributed by atoms with Crippen LogP contribution in [0.5, 0.6) is 0 Å². The van der Waals surface area contributed by atoms with Gasteiger partial charge >= 0.3 is 0 Å². The van der Waals surface area contributed by atoms with Crippen LogP contribution in [0.4, 0.5) is 0 Å². The summed E-state index contributed by atoms with van der Waals surface area (Å²) in [6, 6.07) is 0.100. The van der Waals surface area contributed by atoms with Gasteiger partial charge in [-0.2, -0.15) is 0 Å². The molecule has 1 rings (SSSR count). The summed E-state index contributed by atoms with van der Waals surface area (Å²) in [5.74, 6) is 0.462. The molecular weight excluding hydrogens is 244 g/mol. The lowest BCUT2D eigenvalue weighted by atomic mass is 9.84. The highest BCUT2D eigenvalue weighted by Gasteiger charge is 2.23. The average molecular weight is 272 g/mol. The molecule has 5 heteroatoms. The van der Waals surface area contributed by atoms with Crippen LogP contribution in [-0.2, 0) is 14.3 Å². The molecule has 3 N–H and O–H groups in total. The number of carbonyl (C=O) groups excluding carboxylic acids is 1. The van der Waals surface area contributed by atoms with Crippen molar-refractivity contribution in [3.05, 3.63) is 0 Å². The standard InChI is InChI=1S/C14H28N2O3/c1-2-18-8-9-19-11-14(17)16-13(10-15)12-6-4-3-5-7-12/h12-13H,2-11,15H2,1H3,(H,16,17). The third-order valence-corrected chi connectivity index (χ3v) is 3.63. The van der Waals surface area contributed by atoms with E-state index in [0.29, 0.717) is 32.3 Å². The van der Waals surface area contributed by atoms with Crippen molar-refractivity contribution >= 4 is 5.91 Å². The molecule has 19 heavy (non-hydrogen) atoms. The molecule has 0 saturated heterocycles. The number of nitrogens with two attached hydrogens (primary N) is 1. The molecule has 112 valence electrons. The summed E-state index contributed by atoms with van der Waals surface area (Å²) in [5, 5.41) is 3.00. The molecular formula is C14H28N2O3. The van der Waals surface area contributed by atoms with Gasteiger partial charge in [-0.1, -0.05) is 19.3 Å². The van der Waals surface area contributed by atoms with Crippen LogP contribution < -0.4 is 11.1 Å². The Kier molecular flexibility index (Phi) is 8.79. The fourth-order valence-electron chi connectivity index (χ4n) is 2.58. The molecule has 1 aliphatic rings. The summed E-state index contributed by atoms with van der Waals surface area (Å²) in [6.45, 7) is 4.20. The van der Waals surface area contributed by atoms with Crippen LogP contribution in [0.15, 0.2) is 0 Å². The zero-order chi connectivity index (χ0) is 13.9. The van der Waals surface area contributed by atoms with E-state index in [1.807, 2.05) is 6.92 Å². The molecule has 1 atom stereocenters. The Morgan fingerprint density at radius 1 is 1.26 bits per heavy atom. The lowest BCUT2D eigenvalue weighted by Crippen LogP contribution is -2.47. The van der Waals surface area contributed by atoms with E-state index in [9.17, 15) is 4.79 Å². The fourth-order valence-corrected chi connectivity index (χ4v) is 2.58.